The van der Waals surface area contributed by atoms with E-state index in [1.165, 1.54) is 17.2 Å². The van der Waals surface area contributed by atoms with Crippen LogP contribution in [-0.2, 0) is 13.0 Å². The van der Waals surface area contributed by atoms with Crippen LogP contribution in [0, 0.1) is 6.92 Å². The molecule has 1 amide bonds. The Hall–Kier alpha value is -2.87. The van der Waals surface area contributed by atoms with Gasteiger partial charge in [-0.15, -0.1) is 0 Å². The fourth-order valence-corrected chi connectivity index (χ4v) is 3.98. The number of carbonyl (C=O) groups is 1. The summed E-state index contributed by atoms with van der Waals surface area (Å²) < 4.78 is 41.5. The fourth-order valence-electron chi connectivity index (χ4n) is 3.98. The molecule has 6 nitrogen and oxygen atoms in total. The molecule has 180 valence electrons. The number of alkyl halides is 2. The second-order valence-electron chi connectivity index (χ2n) is 8.15. The van der Waals surface area contributed by atoms with E-state index in [-0.39, 0.29) is 17.2 Å². The number of ether oxygens (including phenoxy) is 3. The van der Waals surface area contributed by atoms with Crippen molar-refractivity contribution in [2.75, 3.05) is 40.5 Å². The normalized spacial score (nSPS) is 14.3. The lowest BCUT2D eigenvalue weighted by Gasteiger charge is -2.29. The number of halogens is 2. The second-order valence-corrected chi connectivity index (χ2v) is 8.15. The first-order valence-electron chi connectivity index (χ1n) is 11.2. The smallest absolute Gasteiger partial charge is 0.266 e. The molecule has 0 aromatic heterocycles. The predicted molar refractivity (Wildman–Crippen MR) is 123 cm³/mol. The van der Waals surface area contributed by atoms with Gasteiger partial charge in [0, 0.05) is 19.6 Å². The predicted octanol–water partition coefficient (Wildman–Crippen LogP) is 4.22. The van der Waals surface area contributed by atoms with E-state index in [1.54, 1.807) is 26.4 Å². The van der Waals surface area contributed by atoms with Crippen molar-refractivity contribution in [1.82, 2.24) is 10.2 Å². The van der Waals surface area contributed by atoms with Gasteiger partial charge in [-0.05, 0) is 68.1 Å². The summed E-state index contributed by atoms with van der Waals surface area (Å²) in [4.78, 5) is 15.0. The number of aryl methyl sites for hydroxylation is 1. The van der Waals surface area contributed by atoms with Crippen molar-refractivity contribution < 1.29 is 27.8 Å². The maximum absolute atomic E-state index is 13.3. The Bertz CT molecular complexity index is 954. The molecular formula is C25H32F2N2O4. The molecule has 0 spiro atoms. The first-order valence-corrected chi connectivity index (χ1v) is 11.2. The number of rotatable bonds is 11. The summed E-state index contributed by atoms with van der Waals surface area (Å²) in [7, 11) is 3.29. The average Bonchev–Trinajstić information content (AvgIpc) is 2.83. The Morgan fingerprint density at radius 2 is 1.82 bits per heavy atom. The van der Waals surface area contributed by atoms with Crippen molar-refractivity contribution in [3.05, 3.63) is 52.6 Å². The molecular weight excluding hydrogens is 430 g/mol. The van der Waals surface area contributed by atoms with Gasteiger partial charge in [0.2, 0.25) is 0 Å². The number of nitrogens with zero attached hydrogens (tertiary/aromatic N) is 1. The number of nitrogens with one attached hydrogen (secondary N) is 1. The monoisotopic (exact) mass is 462 g/mol. The van der Waals surface area contributed by atoms with Crippen LogP contribution >= 0.6 is 0 Å². The van der Waals surface area contributed by atoms with Crippen LogP contribution in [0.4, 0.5) is 8.78 Å². The van der Waals surface area contributed by atoms with Crippen LogP contribution < -0.4 is 19.5 Å². The van der Waals surface area contributed by atoms with Gasteiger partial charge >= 0.3 is 0 Å². The molecule has 1 heterocycles. The Kier molecular flexibility index (Phi) is 8.88. The van der Waals surface area contributed by atoms with Crippen LogP contribution in [0.15, 0.2) is 30.3 Å². The maximum atomic E-state index is 13.3. The zero-order chi connectivity index (χ0) is 23.8. The van der Waals surface area contributed by atoms with Crippen molar-refractivity contribution in [3.8, 4) is 17.2 Å². The van der Waals surface area contributed by atoms with E-state index in [1.807, 2.05) is 13.0 Å². The SMILES string of the molecule is COc1cc2c(cc1OC)CN(CCCCNC(=O)c1cc(C)ccc1OC(F)CF)CC2. The third kappa shape index (κ3) is 6.57. The van der Waals surface area contributed by atoms with Crippen LogP contribution in [0.2, 0.25) is 0 Å². The van der Waals surface area contributed by atoms with Gasteiger partial charge in [0.15, 0.2) is 18.2 Å². The van der Waals surface area contributed by atoms with Crippen LogP contribution in [0.3, 0.4) is 0 Å². The average molecular weight is 463 g/mol. The maximum Gasteiger partial charge on any atom is 0.266 e. The molecule has 0 saturated carbocycles. The number of fused-ring (bicyclic) bond motifs is 1. The number of amides is 1. The summed E-state index contributed by atoms with van der Waals surface area (Å²) in [5.74, 6) is 1.19. The molecule has 0 aliphatic carbocycles. The summed E-state index contributed by atoms with van der Waals surface area (Å²) in [5, 5.41) is 2.85. The third-order valence-electron chi connectivity index (χ3n) is 5.74. The zero-order valence-electron chi connectivity index (χ0n) is 19.5. The van der Waals surface area contributed by atoms with Crippen LogP contribution in [0.25, 0.3) is 0 Å². The van der Waals surface area contributed by atoms with Gasteiger partial charge in [0.25, 0.3) is 12.3 Å². The van der Waals surface area contributed by atoms with Gasteiger partial charge in [0.1, 0.15) is 5.75 Å². The molecule has 2 aromatic carbocycles. The lowest BCUT2D eigenvalue weighted by molar-refractivity contribution is 0.0423. The number of hydrogen-bond donors (Lipinski definition) is 1. The Morgan fingerprint density at radius 1 is 1.09 bits per heavy atom. The highest BCUT2D eigenvalue weighted by Crippen LogP contribution is 2.33. The van der Waals surface area contributed by atoms with Crippen molar-refractivity contribution >= 4 is 5.91 Å². The summed E-state index contributed by atoms with van der Waals surface area (Å²) in [6.07, 6.45) is 0.597. The largest absolute Gasteiger partial charge is 0.493 e. The minimum absolute atomic E-state index is 0.0438. The van der Waals surface area contributed by atoms with E-state index in [2.05, 4.69) is 16.3 Å². The van der Waals surface area contributed by atoms with Gasteiger partial charge in [-0.25, -0.2) is 4.39 Å². The summed E-state index contributed by atoms with van der Waals surface area (Å²) in [6, 6.07) is 8.91. The zero-order valence-corrected chi connectivity index (χ0v) is 19.5. The standard InChI is InChI=1S/C25H32F2N2O4/c1-17-6-7-21(33-24(27)15-26)20(12-17)25(30)28-9-4-5-10-29-11-8-18-13-22(31-2)23(32-3)14-19(18)16-29/h6-7,12-14,24H,4-5,8-11,15-16H2,1-3H3,(H,28,30). The second kappa shape index (κ2) is 11.8. The van der Waals surface area contributed by atoms with Crippen LogP contribution in [0.1, 0.15) is 39.9 Å². The third-order valence-corrected chi connectivity index (χ3v) is 5.74. The summed E-state index contributed by atoms with van der Waals surface area (Å²) >= 11 is 0. The van der Waals surface area contributed by atoms with Crippen molar-refractivity contribution in [3.63, 3.8) is 0 Å². The Labute approximate surface area is 193 Å². The molecule has 1 atom stereocenters. The Balaban J connectivity index is 1.46. The van der Waals surface area contributed by atoms with E-state index in [0.29, 0.717) is 6.54 Å². The highest BCUT2D eigenvalue weighted by atomic mass is 19.2. The van der Waals surface area contributed by atoms with Gasteiger partial charge in [-0.3, -0.25) is 9.69 Å². The van der Waals surface area contributed by atoms with E-state index >= 15 is 0 Å². The van der Waals surface area contributed by atoms with Crippen LogP contribution in [-0.4, -0.2) is 57.7 Å². The van der Waals surface area contributed by atoms with Crippen molar-refractivity contribution in [2.24, 2.45) is 0 Å². The molecule has 3 rings (SSSR count). The first kappa shape index (κ1) is 24.8. The van der Waals surface area contributed by atoms with Crippen LogP contribution in [0.5, 0.6) is 17.2 Å². The number of benzene rings is 2. The molecule has 1 unspecified atom stereocenters. The van der Waals surface area contributed by atoms with Gasteiger partial charge in [0.05, 0.1) is 19.8 Å². The topological polar surface area (TPSA) is 60.0 Å². The van der Waals surface area contributed by atoms with E-state index in [0.717, 1.165) is 56.0 Å². The summed E-state index contributed by atoms with van der Waals surface area (Å²) in [5.41, 5.74) is 3.58. The molecule has 1 aliphatic rings. The lowest BCUT2D eigenvalue weighted by atomic mass is 9.98. The molecule has 0 fully saturated rings. The first-order chi connectivity index (χ1) is 15.9. The number of methoxy groups -OCH3 is 2. The number of unbranched alkanes of at least 4 members (excludes halogenated alkanes) is 1. The molecule has 2 aromatic rings. The highest BCUT2D eigenvalue weighted by Gasteiger charge is 2.20. The Morgan fingerprint density at radius 3 is 2.52 bits per heavy atom. The minimum atomic E-state index is -2.09. The number of hydrogen-bond acceptors (Lipinski definition) is 5. The molecule has 1 aliphatic heterocycles. The van der Waals surface area contributed by atoms with E-state index in [4.69, 9.17) is 14.2 Å². The van der Waals surface area contributed by atoms with Gasteiger partial charge < -0.3 is 19.5 Å². The van der Waals surface area contributed by atoms with Gasteiger partial charge in [-0.1, -0.05) is 11.6 Å². The fraction of sp³-hybridized carbons (Fsp3) is 0.480. The summed E-state index contributed by atoms with van der Waals surface area (Å²) in [6.45, 7) is 3.79. The molecule has 0 bridgehead atoms. The van der Waals surface area contributed by atoms with Crippen molar-refractivity contribution in [2.45, 2.75) is 39.1 Å². The molecule has 1 N–H and O–H groups in total. The van der Waals surface area contributed by atoms with E-state index in [9.17, 15) is 13.6 Å². The quantitative estimate of drug-likeness (QED) is 0.507. The lowest BCUT2D eigenvalue weighted by Crippen LogP contribution is -2.32. The molecule has 33 heavy (non-hydrogen) atoms. The van der Waals surface area contributed by atoms with Crippen molar-refractivity contribution in [1.29, 1.82) is 0 Å². The molecule has 0 saturated heterocycles. The van der Waals surface area contributed by atoms with E-state index < -0.39 is 13.0 Å². The number of carbonyl (C=O) groups excluding carboxylic acids is 1. The van der Waals surface area contributed by atoms with Gasteiger partial charge in [-0.2, -0.15) is 4.39 Å². The molecule has 8 heteroatoms. The molecule has 0 radical (unpaired) electrons. The minimum Gasteiger partial charge on any atom is -0.493 e. The highest BCUT2D eigenvalue weighted by molar-refractivity contribution is 5.97.